The van der Waals surface area contributed by atoms with Crippen LogP contribution in [0.3, 0.4) is 0 Å². The highest BCUT2D eigenvalue weighted by Crippen LogP contribution is 2.23. The van der Waals surface area contributed by atoms with Crippen LogP contribution in [0.25, 0.3) is 0 Å². The molecule has 4 heteroatoms. The average Bonchev–Trinajstić information content (AvgIpc) is 2.75. The van der Waals surface area contributed by atoms with Gasteiger partial charge in [-0.15, -0.1) is 0 Å². The average molecular weight is 226 g/mol. The minimum atomic E-state index is -0.135. The Morgan fingerprint density at radius 3 is 3.00 bits per heavy atom. The molecule has 92 valence electrons. The van der Waals surface area contributed by atoms with E-state index >= 15 is 0 Å². The van der Waals surface area contributed by atoms with Gasteiger partial charge in [0.2, 0.25) is 5.91 Å². The lowest BCUT2D eigenvalue weighted by Gasteiger charge is -2.27. The molecule has 4 nitrogen and oxygen atoms in total. The van der Waals surface area contributed by atoms with Crippen LogP contribution >= 0.6 is 0 Å². The second-order valence-corrected chi connectivity index (χ2v) is 5.12. The van der Waals surface area contributed by atoms with Crippen molar-refractivity contribution < 1.29 is 9.53 Å². The van der Waals surface area contributed by atoms with Crippen LogP contribution in [-0.4, -0.2) is 37.2 Å². The number of carbonyl (C=O) groups is 1. The molecule has 2 fully saturated rings. The van der Waals surface area contributed by atoms with Crippen molar-refractivity contribution >= 4 is 5.91 Å². The largest absolute Gasteiger partial charge is 0.373 e. The van der Waals surface area contributed by atoms with Crippen LogP contribution in [0.15, 0.2) is 0 Å². The van der Waals surface area contributed by atoms with E-state index in [1.54, 1.807) is 0 Å². The second kappa shape index (κ2) is 5.15. The van der Waals surface area contributed by atoms with E-state index in [-0.39, 0.29) is 17.6 Å². The molecular weight excluding hydrogens is 204 g/mol. The quantitative estimate of drug-likeness (QED) is 0.749. The summed E-state index contributed by atoms with van der Waals surface area (Å²) in [6, 6.07) is 0.0127. The molecule has 0 aromatic heterocycles. The van der Waals surface area contributed by atoms with Gasteiger partial charge in [-0.05, 0) is 39.2 Å². The topological polar surface area (TPSA) is 50.4 Å². The zero-order valence-electron chi connectivity index (χ0n) is 10.1. The van der Waals surface area contributed by atoms with E-state index in [1.807, 2.05) is 0 Å². The molecule has 0 aromatic rings. The van der Waals surface area contributed by atoms with E-state index in [2.05, 4.69) is 17.6 Å². The molecule has 0 aliphatic carbocycles. The number of nitrogens with one attached hydrogen (secondary N) is 2. The maximum Gasteiger partial charge on any atom is 0.237 e. The number of amides is 1. The molecule has 1 amide bonds. The van der Waals surface area contributed by atoms with Gasteiger partial charge in [0, 0.05) is 13.2 Å². The lowest BCUT2D eigenvalue weighted by molar-refractivity contribution is -0.124. The summed E-state index contributed by atoms with van der Waals surface area (Å²) in [6.07, 6.45) is 5.45. The lowest BCUT2D eigenvalue weighted by Crippen LogP contribution is -2.50. The van der Waals surface area contributed by atoms with Crippen LogP contribution in [0.2, 0.25) is 0 Å². The maximum atomic E-state index is 11.9. The van der Waals surface area contributed by atoms with Crippen molar-refractivity contribution in [1.82, 2.24) is 10.6 Å². The van der Waals surface area contributed by atoms with E-state index in [9.17, 15) is 4.79 Å². The highest BCUT2D eigenvalue weighted by Gasteiger charge is 2.31. The number of hydrogen-bond donors (Lipinski definition) is 2. The third kappa shape index (κ3) is 2.95. The maximum absolute atomic E-state index is 11.9. The molecular formula is C12H22N2O2. The number of carbonyl (C=O) groups excluding carboxylic acids is 1. The molecule has 2 rings (SSSR count). The van der Waals surface area contributed by atoms with Crippen molar-refractivity contribution in [3.63, 3.8) is 0 Å². The molecule has 0 spiro atoms. The molecule has 0 aromatic carbocycles. The van der Waals surface area contributed by atoms with Crippen LogP contribution in [0, 0.1) is 0 Å². The molecule has 0 radical (unpaired) electrons. The minimum absolute atomic E-state index is 0.0127. The van der Waals surface area contributed by atoms with Crippen molar-refractivity contribution in [2.45, 2.75) is 50.7 Å². The van der Waals surface area contributed by atoms with Gasteiger partial charge in [0.15, 0.2) is 0 Å². The van der Waals surface area contributed by atoms with Crippen molar-refractivity contribution in [2.75, 3.05) is 19.7 Å². The summed E-state index contributed by atoms with van der Waals surface area (Å²) in [6.45, 7) is 4.51. The highest BCUT2D eigenvalue weighted by molar-refractivity contribution is 5.81. The predicted octanol–water partition coefficient (Wildman–Crippen LogP) is 0.814. The van der Waals surface area contributed by atoms with Crippen LogP contribution in [0.4, 0.5) is 0 Å². The Kier molecular flexibility index (Phi) is 3.82. The first kappa shape index (κ1) is 11.9. The summed E-state index contributed by atoms with van der Waals surface area (Å²) in [5.74, 6) is 0.136. The second-order valence-electron chi connectivity index (χ2n) is 5.12. The first-order chi connectivity index (χ1) is 7.70. The Labute approximate surface area is 97.1 Å². The van der Waals surface area contributed by atoms with Crippen LogP contribution in [-0.2, 0) is 9.53 Å². The molecule has 1 unspecified atom stereocenters. The summed E-state index contributed by atoms with van der Waals surface area (Å²) in [5, 5.41) is 6.26. The van der Waals surface area contributed by atoms with Gasteiger partial charge in [-0.1, -0.05) is 6.42 Å². The van der Waals surface area contributed by atoms with Crippen molar-refractivity contribution in [1.29, 1.82) is 0 Å². The van der Waals surface area contributed by atoms with E-state index in [1.165, 1.54) is 6.42 Å². The molecule has 2 atom stereocenters. The van der Waals surface area contributed by atoms with Crippen LogP contribution in [0.1, 0.15) is 39.0 Å². The van der Waals surface area contributed by atoms with Gasteiger partial charge in [0.25, 0.3) is 0 Å². The Morgan fingerprint density at radius 2 is 2.38 bits per heavy atom. The van der Waals surface area contributed by atoms with Crippen LogP contribution in [0.5, 0.6) is 0 Å². The fraction of sp³-hybridized carbons (Fsp3) is 0.917. The number of piperidine rings is 1. The summed E-state index contributed by atoms with van der Waals surface area (Å²) in [7, 11) is 0. The number of rotatable bonds is 3. The zero-order valence-corrected chi connectivity index (χ0v) is 10.1. The van der Waals surface area contributed by atoms with Gasteiger partial charge in [0.05, 0.1) is 11.6 Å². The SMILES string of the molecule is CC1(CNC(=O)[C@H]2CCCCN2)CCCO1. The fourth-order valence-corrected chi connectivity index (χ4v) is 2.45. The molecule has 0 saturated carbocycles. The van der Waals surface area contributed by atoms with E-state index in [0.29, 0.717) is 6.54 Å². The third-order valence-electron chi connectivity index (χ3n) is 3.56. The standard InChI is InChI=1S/C12H22N2O2/c1-12(6-4-8-16-12)9-14-11(15)10-5-2-3-7-13-10/h10,13H,2-9H2,1H3,(H,14,15)/t10-,12?/m1/s1. The van der Waals surface area contributed by atoms with Crippen molar-refractivity contribution in [2.24, 2.45) is 0 Å². The molecule has 0 bridgehead atoms. The lowest BCUT2D eigenvalue weighted by atomic mass is 10.0. The molecule has 2 N–H and O–H groups in total. The smallest absolute Gasteiger partial charge is 0.237 e. The summed E-state index contributed by atoms with van der Waals surface area (Å²) in [5.41, 5.74) is -0.135. The first-order valence-corrected chi connectivity index (χ1v) is 6.35. The van der Waals surface area contributed by atoms with Crippen LogP contribution < -0.4 is 10.6 Å². The summed E-state index contributed by atoms with van der Waals surface area (Å²) >= 11 is 0. The Balaban J connectivity index is 1.74. The van der Waals surface area contributed by atoms with E-state index < -0.39 is 0 Å². The van der Waals surface area contributed by atoms with E-state index in [4.69, 9.17) is 4.74 Å². The summed E-state index contributed by atoms with van der Waals surface area (Å²) < 4.78 is 5.64. The van der Waals surface area contributed by atoms with Crippen molar-refractivity contribution in [3.8, 4) is 0 Å². The molecule has 2 heterocycles. The normalized spacial score (nSPS) is 34.9. The highest BCUT2D eigenvalue weighted by atomic mass is 16.5. The molecule has 2 aliphatic rings. The van der Waals surface area contributed by atoms with Gasteiger partial charge in [-0.2, -0.15) is 0 Å². The van der Waals surface area contributed by atoms with E-state index in [0.717, 1.165) is 38.8 Å². The van der Waals surface area contributed by atoms with Crippen molar-refractivity contribution in [3.05, 3.63) is 0 Å². The van der Waals surface area contributed by atoms with Gasteiger partial charge >= 0.3 is 0 Å². The Morgan fingerprint density at radius 1 is 1.50 bits per heavy atom. The molecule has 2 saturated heterocycles. The molecule has 2 aliphatic heterocycles. The zero-order chi connectivity index (χ0) is 11.4. The fourth-order valence-electron chi connectivity index (χ4n) is 2.45. The van der Waals surface area contributed by atoms with Gasteiger partial charge in [0.1, 0.15) is 0 Å². The molecule has 16 heavy (non-hydrogen) atoms. The Bertz CT molecular complexity index is 243. The third-order valence-corrected chi connectivity index (χ3v) is 3.56. The predicted molar refractivity (Wildman–Crippen MR) is 62.2 cm³/mol. The number of hydrogen-bond acceptors (Lipinski definition) is 3. The van der Waals surface area contributed by atoms with Gasteiger partial charge in [-0.25, -0.2) is 0 Å². The number of ether oxygens (including phenoxy) is 1. The minimum Gasteiger partial charge on any atom is -0.373 e. The monoisotopic (exact) mass is 226 g/mol. The first-order valence-electron chi connectivity index (χ1n) is 6.35. The summed E-state index contributed by atoms with van der Waals surface area (Å²) in [4.78, 5) is 11.9. The van der Waals surface area contributed by atoms with Gasteiger partial charge < -0.3 is 15.4 Å². The Hall–Kier alpha value is -0.610. The van der Waals surface area contributed by atoms with Gasteiger partial charge in [-0.3, -0.25) is 4.79 Å².